The number of likely N-dealkylation sites (tertiary alicyclic amines) is 1. The number of piperidine rings is 1. The van der Waals surface area contributed by atoms with Crippen molar-refractivity contribution in [1.29, 1.82) is 0 Å². The second kappa shape index (κ2) is 8.47. The molecule has 126 valence electrons. The summed E-state index contributed by atoms with van der Waals surface area (Å²) in [4.78, 5) is 24.7. The highest BCUT2D eigenvalue weighted by molar-refractivity contribution is 5.76. The first-order valence-corrected chi connectivity index (χ1v) is 7.82. The van der Waals surface area contributed by atoms with Crippen LogP contribution in [0.25, 0.3) is 0 Å². The fourth-order valence-corrected chi connectivity index (χ4v) is 2.66. The van der Waals surface area contributed by atoms with Crippen LogP contribution in [0.5, 0.6) is 0 Å². The highest BCUT2D eigenvalue weighted by Crippen LogP contribution is 2.09. The van der Waals surface area contributed by atoms with E-state index in [-0.39, 0.29) is 30.3 Å². The van der Waals surface area contributed by atoms with E-state index in [0.29, 0.717) is 13.0 Å². The van der Waals surface area contributed by atoms with Gasteiger partial charge in [0, 0.05) is 25.7 Å². The average Bonchev–Trinajstić information content (AvgIpc) is 2.51. The quantitative estimate of drug-likeness (QED) is 0.717. The molecule has 0 atom stereocenters. The molecule has 0 saturated carbocycles. The molecule has 2 rings (SSSR count). The summed E-state index contributed by atoms with van der Waals surface area (Å²) in [5.74, 6) is -0.586. The van der Waals surface area contributed by atoms with E-state index in [1.807, 2.05) is 4.90 Å². The highest BCUT2D eigenvalue weighted by atomic mass is 19.1. The van der Waals surface area contributed by atoms with Crippen molar-refractivity contribution in [2.45, 2.75) is 25.3 Å². The van der Waals surface area contributed by atoms with Gasteiger partial charge in [0.1, 0.15) is 5.82 Å². The van der Waals surface area contributed by atoms with Crippen LogP contribution in [0.2, 0.25) is 0 Å². The topological polar surface area (TPSA) is 87.5 Å². The number of carbonyl (C=O) groups excluding carboxylic acids is 2. The molecule has 4 N–H and O–H groups in total. The standard InChI is InChI=1S/C16H23FN4O2/c17-13-3-1-12(2-4-13)5-8-19-16(23)20-14-6-9-21(10-7-14)11-15(18)22/h1-4,14H,5-11H2,(H2,18,22)(H2,19,20,23). The van der Waals surface area contributed by atoms with Crippen molar-refractivity contribution in [1.82, 2.24) is 15.5 Å². The van der Waals surface area contributed by atoms with Gasteiger partial charge in [-0.3, -0.25) is 9.69 Å². The molecule has 0 aromatic heterocycles. The maximum absolute atomic E-state index is 12.8. The SMILES string of the molecule is NC(=O)CN1CCC(NC(=O)NCCc2ccc(F)cc2)CC1. The third-order valence-electron chi connectivity index (χ3n) is 3.91. The maximum atomic E-state index is 12.8. The lowest BCUT2D eigenvalue weighted by Crippen LogP contribution is -2.49. The smallest absolute Gasteiger partial charge is 0.315 e. The van der Waals surface area contributed by atoms with Crippen LogP contribution in [0.4, 0.5) is 9.18 Å². The molecule has 3 amide bonds. The molecule has 0 bridgehead atoms. The van der Waals surface area contributed by atoms with E-state index in [2.05, 4.69) is 10.6 Å². The molecule has 1 aromatic carbocycles. The van der Waals surface area contributed by atoms with E-state index in [0.717, 1.165) is 31.5 Å². The number of nitrogens with one attached hydrogen (secondary N) is 2. The molecule has 1 heterocycles. The van der Waals surface area contributed by atoms with Gasteiger partial charge in [-0.05, 0) is 37.0 Å². The molecule has 1 aliphatic heterocycles. The Labute approximate surface area is 135 Å². The van der Waals surface area contributed by atoms with Gasteiger partial charge in [0.15, 0.2) is 0 Å². The minimum atomic E-state index is -0.324. The monoisotopic (exact) mass is 322 g/mol. The van der Waals surface area contributed by atoms with Gasteiger partial charge in [-0.1, -0.05) is 12.1 Å². The summed E-state index contributed by atoms with van der Waals surface area (Å²) in [6, 6.07) is 6.17. The summed E-state index contributed by atoms with van der Waals surface area (Å²) >= 11 is 0. The van der Waals surface area contributed by atoms with Gasteiger partial charge in [-0.2, -0.15) is 0 Å². The maximum Gasteiger partial charge on any atom is 0.315 e. The largest absolute Gasteiger partial charge is 0.369 e. The summed E-state index contributed by atoms with van der Waals surface area (Å²) in [5.41, 5.74) is 6.15. The Morgan fingerprint density at radius 2 is 1.87 bits per heavy atom. The second-order valence-corrected chi connectivity index (χ2v) is 5.79. The zero-order valence-corrected chi connectivity index (χ0v) is 13.1. The van der Waals surface area contributed by atoms with Crippen molar-refractivity contribution in [2.24, 2.45) is 5.73 Å². The van der Waals surface area contributed by atoms with Crippen molar-refractivity contribution >= 4 is 11.9 Å². The van der Waals surface area contributed by atoms with Crippen molar-refractivity contribution in [3.05, 3.63) is 35.6 Å². The Balaban J connectivity index is 1.62. The summed E-state index contributed by atoms with van der Waals surface area (Å²) in [6.07, 6.45) is 2.27. The number of rotatable bonds is 6. The molecule has 0 spiro atoms. The molecule has 1 aliphatic rings. The first-order valence-electron chi connectivity index (χ1n) is 7.82. The van der Waals surface area contributed by atoms with Gasteiger partial charge in [0.25, 0.3) is 0 Å². The molecule has 1 aromatic rings. The van der Waals surface area contributed by atoms with Gasteiger partial charge in [-0.25, -0.2) is 9.18 Å². The van der Waals surface area contributed by atoms with Gasteiger partial charge in [0.05, 0.1) is 6.54 Å². The highest BCUT2D eigenvalue weighted by Gasteiger charge is 2.21. The molecular weight excluding hydrogens is 299 g/mol. The lowest BCUT2D eigenvalue weighted by molar-refractivity contribution is -0.119. The number of amides is 3. The fourth-order valence-electron chi connectivity index (χ4n) is 2.66. The first-order chi connectivity index (χ1) is 11.0. The van der Waals surface area contributed by atoms with E-state index < -0.39 is 0 Å². The molecule has 7 heteroatoms. The van der Waals surface area contributed by atoms with Gasteiger partial charge >= 0.3 is 6.03 Å². The number of carbonyl (C=O) groups is 2. The van der Waals surface area contributed by atoms with Gasteiger partial charge in [-0.15, -0.1) is 0 Å². The number of hydrogen-bond acceptors (Lipinski definition) is 3. The fraction of sp³-hybridized carbons (Fsp3) is 0.500. The summed E-state index contributed by atoms with van der Waals surface area (Å²) < 4.78 is 12.8. The van der Waals surface area contributed by atoms with Crippen molar-refractivity contribution in [2.75, 3.05) is 26.2 Å². The number of urea groups is 1. The number of halogens is 1. The summed E-state index contributed by atoms with van der Waals surface area (Å²) in [7, 11) is 0. The summed E-state index contributed by atoms with van der Waals surface area (Å²) in [6.45, 7) is 2.28. The zero-order chi connectivity index (χ0) is 16.7. The Morgan fingerprint density at radius 1 is 1.22 bits per heavy atom. The Hall–Kier alpha value is -2.15. The van der Waals surface area contributed by atoms with Crippen LogP contribution in [0.1, 0.15) is 18.4 Å². The van der Waals surface area contributed by atoms with Crippen molar-refractivity contribution in [3.8, 4) is 0 Å². The third kappa shape index (κ3) is 6.23. The first kappa shape index (κ1) is 17.2. The van der Waals surface area contributed by atoms with Crippen LogP contribution in [0.3, 0.4) is 0 Å². The van der Waals surface area contributed by atoms with E-state index in [4.69, 9.17) is 5.73 Å². The Morgan fingerprint density at radius 3 is 2.48 bits per heavy atom. The lowest BCUT2D eigenvalue weighted by Gasteiger charge is -2.31. The molecular formula is C16H23FN4O2. The third-order valence-corrected chi connectivity index (χ3v) is 3.91. The summed E-state index contributed by atoms with van der Waals surface area (Å²) in [5, 5.41) is 5.74. The van der Waals surface area contributed by atoms with Crippen molar-refractivity contribution < 1.29 is 14.0 Å². The molecule has 0 radical (unpaired) electrons. The van der Waals surface area contributed by atoms with Crippen LogP contribution in [-0.2, 0) is 11.2 Å². The normalized spacial score (nSPS) is 16.0. The van der Waals surface area contributed by atoms with E-state index in [1.165, 1.54) is 12.1 Å². The number of primary amides is 1. The lowest BCUT2D eigenvalue weighted by atomic mass is 10.1. The minimum Gasteiger partial charge on any atom is -0.369 e. The van der Waals surface area contributed by atoms with Crippen LogP contribution in [0, 0.1) is 5.82 Å². The molecule has 0 unspecified atom stereocenters. The second-order valence-electron chi connectivity index (χ2n) is 5.79. The zero-order valence-electron chi connectivity index (χ0n) is 13.1. The Kier molecular flexibility index (Phi) is 6.34. The van der Waals surface area contributed by atoms with E-state index in [1.54, 1.807) is 12.1 Å². The van der Waals surface area contributed by atoms with Crippen LogP contribution in [-0.4, -0.2) is 49.1 Å². The molecule has 0 aliphatic carbocycles. The predicted octanol–water partition coefficient (Wildman–Crippen LogP) is 0.617. The van der Waals surface area contributed by atoms with Crippen molar-refractivity contribution in [3.63, 3.8) is 0 Å². The molecule has 1 fully saturated rings. The number of nitrogens with two attached hydrogens (primary N) is 1. The van der Waals surface area contributed by atoms with Gasteiger partial charge in [0.2, 0.25) is 5.91 Å². The molecule has 23 heavy (non-hydrogen) atoms. The number of benzene rings is 1. The number of nitrogens with zero attached hydrogens (tertiary/aromatic N) is 1. The molecule has 6 nitrogen and oxygen atoms in total. The van der Waals surface area contributed by atoms with E-state index in [9.17, 15) is 14.0 Å². The van der Waals surface area contributed by atoms with Crippen LogP contribution in [0.15, 0.2) is 24.3 Å². The van der Waals surface area contributed by atoms with Crippen LogP contribution >= 0.6 is 0 Å². The molecule has 1 saturated heterocycles. The average molecular weight is 322 g/mol. The predicted molar refractivity (Wildman–Crippen MR) is 85.3 cm³/mol. The Bertz CT molecular complexity index is 527. The van der Waals surface area contributed by atoms with E-state index >= 15 is 0 Å². The van der Waals surface area contributed by atoms with Crippen LogP contribution < -0.4 is 16.4 Å². The number of hydrogen-bond donors (Lipinski definition) is 3. The minimum absolute atomic E-state index is 0.116. The van der Waals surface area contributed by atoms with Gasteiger partial charge < -0.3 is 16.4 Å².